The first-order chi connectivity index (χ1) is 5.97. The molecule has 0 aliphatic carbocycles. The highest BCUT2D eigenvalue weighted by atomic mass is 32.2. The lowest BCUT2D eigenvalue weighted by Gasteiger charge is -2.35. The molecule has 1 saturated heterocycles. The molecule has 1 rings (SSSR count). The van der Waals surface area contributed by atoms with E-state index in [-0.39, 0.29) is 12.1 Å². The smallest absolute Gasteiger partial charge is 0.279 e. The summed E-state index contributed by atoms with van der Waals surface area (Å²) in [5, 5.41) is 0. The highest BCUT2D eigenvalue weighted by molar-refractivity contribution is 7.87. The zero-order valence-electron chi connectivity index (χ0n) is 8.15. The van der Waals surface area contributed by atoms with Gasteiger partial charge in [0.2, 0.25) is 0 Å². The maximum atomic E-state index is 11.5. The molecular weight excluding hydrogens is 192 g/mol. The van der Waals surface area contributed by atoms with Gasteiger partial charge in [-0.15, -0.1) is 0 Å². The van der Waals surface area contributed by atoms with Crippen LogP contribution in [-0.2, 0) is 14.9 Å². The molecule has 0 saturated carbocycles. The van der Waals surface area contributed by atoms with Crippen LogP contribution >= 0.6 is 0 Å². The molecular formula is C7H16N2O3S. The van der Waals surface area contributed by atoms with E-state index in [0.717, 1.165) is 0 Å². The highest BCUT2D eigenvalue weighted by Gasteiger charge is 2.31. The van der Waals surface area contributed by atoms with Crippen molar-refractivity contribution in [2.75, 3.05) is 20.2 Å². The van der Waals surface area contributed by atoms with Gasteiger partial charge in [0.05, 0.1) is 12.7 Å². The van der Waals surface area contributed by atoms with Crippen molar-refractivity contribution in [3.05, 3.63) is 0 Å². The van der Waals surface area contributed by atoms with E-state index in [1.165, 1.54) is 11.4 Å². The van der Waals surface area contributed by atoms with Crippen LogP contribution in [0.2, 0.25) is 0 Å². The lowest BCUT2D eigenvalue weighted by atomic mass is 10.2. The number of rotatable bonds is 2. The fourth-order valence-electron chi connectivity index (χ4n) is 1.32. The number of ether oxygens (including phenoxy) is 1. The van der Waals surface area contributed by atoms with Crippen LogP contribution in [0.15, 0.2) is 0 Å². The summed E-state index contributed by atoms with van der Waals surface area (Å²) in [4.78, 5) is 0. The lowest BCUT2D eigenvalue weighted by molar-refractivity contribution is -0.0174. The summed E-state index contributed by atoms with van der Waals surface area (Å²) in [6.45, 7) is 4.58. The Morgan fingerprint density at radius 1 is 1.46 bits per heavy atom. The van der Waals surface area contributed by atoms with E-state index in [9.17, 15) is 8.42 Å². The minimum Gasteiger partial charge on any atom is -0.375 e. The predicted octanol–water partition coefficient (Wildman–Crippen LogP) is -0.440. The summed E-state index contributed by atoms with van der Waals surface area (Å²) in [5.74, 6) is 0. The third kappa shape index (κ3) is 2.40. The molecule has 6 heteroatoms. The first kappa shape index (κ1) is 10.9. The second kappa shape index (κ2) is 3.91. The van der Waals surface area contributed by atoms with E-state index in [1.807, 2.05) is 13.8 Å². The zero-order chi connectivity index (χ0) is 10.1. The van der Waals surface area contributed by atoms with Crippen molar-refractivity contribution in [1.29, 1.82) is 0 Å². The molecule has 0 amide bonds. The third-order valence-corrected chi connectivity index (χ3v) is 3.76. The zero-order valence-corrected chi connectivity index (χ0v) is 8.97. The maximum absolute atomic E-state index is 11.5. The minimum absolute atomic E-state index is 0.0284. The van der Waals surface area contributed by atoms with Crippen molar-refractivity contribution in [2.45, 2.75) is 26.0 Å². The second-order valence-electron chi connectivity index (χ2n) is 3.27. The van der Waals surface area contributed by atoms with Gasteiger partial charge in [0.15, 0.2) is 0 Å². The molecule has 2 atom stereocenters. The van der Waals surface area contributed by atoms with Gasteiger partial charge in [0.25, 0.3) is 10.2 Å². The van der Waals surface area contributed by atoms with Crippen LogP contribution in [0.25, 0.3) is 0 Å². The molecule has 1 fully saturated rings. The topological polar surface area (TPSA) is 58.6 Å². The Bertz CT molecular complexity index is 265. The standard InChI is InChI=1S/C7H16N2O3S/c1-6-5-12-7(2)4-9(6)13(10,11)8-3/h6-8H,4-5H2,1-3H3. The molecule has 1 aliphatic heterocycles. The fourth-order valence-corrected chi connectivity index (χ4v) is 2.50. The van der Waals surface area contributed by atoms with Crippen LogP contribution in [-0.4, -0.2) is 45.1 Å². The first-order valence-corrected chi connectivity index (χ1v) is 5.73. The van der Waals surface area contributed by atoms with Gasteiger partial charge in [-0.05, 0) is 13.8 Å². The second-order valence-corrected chi connectivity index (χ2v) is 5.10. The molecule has 0 radical (unpaired) electrons. The van der Waals surface area contributed by atoms with Gasteiger partial charge in [-0.2, -0.15) is 12.7 Å². The van der Waals surface area contributed by atoms with Crippen LogP contribution in [0.1, 0.15) is 13.8 Å². The SMILES string of the molecule is CNS(=O)(=O)N1CC(C)OCC1C. The fraction of sp³-hybridized carbons (Fsp3) is 1.00. The van der Waals surface area contributed by atoms with Crippen molar-refractivity contribution in [3.63, 3.8) is 0 Å². The first-order valence-electron chi connectivity index (χ1n) is 4.29. The average Bonchev–Trinajstić information content (AvgIpc) is 2.09. The minimum atomic E-state index is -3.30. The van der Waals surface area contributed by atoms with Crippen LogP contribution in [0.3, 0.4) is 0 Å². The summed E-state index contributed by atoms with van der Waals surface area (Å²) < 4.78 is 32.0. The quantitative estimate of drug-likeness (QED) is 0.669. The Kier molecular flexibility index (Phi) is 3.28. The molecule has 0 aromatic carbocycles. The van der Waals surface area contributed by atoms with Crippen LogP contribution in [0, 0.1) is 0 Å². The van der Waals surface area contributed by atoms with Gasteiger partial charge in [-0.3, -0.25) is 0 Å². The highest BCUT2D eigenvalue weighted by Crippen LogP contribution is 2.13. The summed E-state index contributed by atoms with van der Waals surface area (Å²) in [6, 6.07) is -0.0892. The van der Waals surface area contributed by atoms with E-state index >= 15 is 0 Å². The summed E-state index contributed by atoms with van der Waals surface area (Å²) in [6.07, 6.45) is -0.0284. The summed E-state index contributed by atoms with van der Waals surface area (Å²) in [5.41, 5.74) is 0. The summed E-state index contributed by atoms with van der Waals surface area (Å²) >= 11 is 0. The lowest BCUT2D eigenvalue weighted by Crippen LogP contribution is -2.53. The number of morpholine rings is 1. The Morgan fingerprint density at radius 3 is 2.62 bits per heavy atom. The molecule has 1 aliphatic rings. The molecule has 1 N–H and O–H groups in total. The predicted molar refractivity (Wildman–Crippen MR) is 49.6 cm³/mol. The van der Waals surface area contributed by atoms with Gasteiger partial charge in [0, 0.05) is 19.6 Å². The van der Waals surface area contributed by atoms with Crippen molar-refractivity contribution in [1.82, 2.24) is 9.03 Å². The van der Waals surface area contributed by atoms with E-state index in [4.69, 9.17) is 4.74 Å². The molecule has 78 valence electrons. The number of nitrogens with zero attached hydrogens (tertiary/aromatic N) is 1. The number of hydrogen-bond donors (Lipinski definition) is 1. The van der Waals surface area contributed by atoms with Gasteiger partial charge in [-0.25, -0.2) is 4.72 Å². The summed E-state index contributed by atoms with van der Waals surface area (Å²) in [7, 11) is -1.88. The monoisotopic (exact) mass is 208 g/mol. The Hall–Kier alpha value is -0.170. The number of hydrogen-bond acceptors (Lipinski definition) is 3. The van der Waals surface area contributed by atoms with Crippen molar-refractivity contribution < 1.29 is 13.2 Å². The van der Waals surface area contributed by atoms with E-state index in [0.29, 0.717) is 13.2 Å². The van der Waals surface area contributed by atoms with Gasteiger partial charge in [-0.1, -0.05) is 0 Å². The Morgan fingerprint density at radius 2 is 2.08 bits per heavy atom. The third-order valence-electron chi connectivity index (χ3n) is 2.12. The maximum Gasteiger partial charge on any atom is 0.279 e. The van der Waals surface area contributed by atoms with E-state index in [2.05, 4.69) is 4.72 Å². The Balaban J connectivity index is 2.77. The molecule has 2 unspecified atom stereocenters. The van der Waals surface area contributed by atoms with Crippen molar-refractivity contribution >= 4 is 10.2 Å². The largest absolute Gasteiger partial charge is 0.375 e. The Labute approximate surface area is 79.2 Å². The van der Waals surface area contributed by atoms with Gasteiger partial charge >= 0.3 is 0 Å². The van der Waals surface area contributed by atoms with E-state index < -0.39 is 10.2 Å². The molecule has 1 heterocycles. The van der Waals surface area contributed by atoms with Crippen LogP contribution in [0.4, 0.5) is 0 Å². The normalized spacial score (nSPS) is 31.9. The molecule has 0 aromatic rings. The molecule has 13 heavy (non-hydrogen) atoms. The van der Waals surface area contributed by atoms with Crippen molar-refractivity contribution in [3.8, 4) is 0 Å². The van der Waals surface area contributed by atoms with Crippen LogP contribution in [0.5, 0.6) is 0 Å². The van der Waals surface area contributed by atoms with Gasteiger partial charge < -0.3 is 4.74 Å². The van der Waals surface area contributed by atoms with Crippen LogP contribution < -0.4 is 4.72 Å². The molecule has 0 bridgehead atoms. The van der Waals surface area contributed by atoms with Gasteiger partial charge in [0.1, 0.15) is 0 Å². The average molecular weight is 208 g/mol. The molecule has 0 aromatic heterocycles. The number of nitrogens with one attached hydrogen (secondary N) is 1. The van der Waals surface area contributed by atoms with E-state index in [1.54, 1.807) is 0 Å². The molecule has 5 nitrogen and oxygen atoms in total. The van der Waals surface area contributed by atoms with Crippen molar-refractivity contribution in [2.24, 2.45) is 0 Å². The molecule has 0 spiro atoms.